The van der Waals surface area contributed by atoms with Crippen molar-refractivity contribution in [1.82, 2.24) is 9.80 Å². The third kappa shape index (κ3) is 7.31. The van der Waals surface area contributed by atoms with Crippen molar-refractivity contribution in [3.05, 3.63) is 85.0 Å². The van der Waals surface area contributed by atoms with Gasteiger partial charge in [-0.05, 0) is 10.9 Å². The van der Waals surface area contributed by atoms with Gasteiger partial charge < -0.3 is 34.3 Å². The van der Waals surface area contributed by atoms with Gasteiger partial charge in [-0.15, -0.1) is 0 Å². The number of nitrogens with zero attached hydrogens (tertiary/aromatic N) is 2. The monoisotopic (exact) mass is 618 g/mol. The number of aliphatic hydroxyl groups is 2. The molecule has 13 nitrogen and oxygen atoms in total. The summed E-state index contributed by atoms with van der Waals surface area (Å²) < 4.78 is 16.7. The van der Waals surface area contributed by atoms with E-state index in [4.69, 9.17) is 29.2 Å². The maximum atomic E-state index is 12.0. The van der Waals surface area contributed by atoms with E-state index in [0.29, 0.717) is 12.1 Å². The van der Waals surface area contributed by atoms with Crippen molar-refractivity contribution in [2.75, 3.05) is 26.3 Å². The summed E-state index contributed by atoms with van der Waals surface area (Å²) >= 11 is 0. The Morgan fingerprint density at radius 2 is 1.40 bits per heavy atom. The standard InChI is InChI=1S/C13H12BNO4.C11H13NO5.C6H7BO2/c16-12-6-7-13(17)15(12)8-11-9-18-14(19-11)10-4-2-1-3-5-10;13-4-5(14)3-12-10(15)8-6-1-2-7(17-6)9(8)11(12)16;8-7(9)6-4-2-1-3-5-6/h1-7,11H,8-9H2;1-2,5-9,13-14H,3-4H2;1-5,8-9H. The zero-order valence-electron chi connectivity index (χ0n) is 24.1. The van der Waals surface area contributed by atoms with Crippen LogP contribution in [0.4, 0.5) is 0 Å². The third-order valence-electron chi connectivity index (χ3n) is 7.81. The molecule has 6 atom stereocenters. The lowest BCUT2D eigenvalue weighted by Crippen LogP contribution is -2.40. The molecule has 4 amide bonds. The highest BCUT2D eigenvalue weighted by molar-refractivity contribution is 6.61. The van der Waals surface area contributed by atoms with Crippen LogP contribution in [-0.4, -0.2) is 119 Å². The van der Waals surface area contributed by atoms with E-state index in [-0.39, 0.29) is 55.0 Å². The second-order valence-electron chi connectivity index (χ2n) is 10.9. The molecular weight excluding hydrogens is 586 g/mol. The fraction of sp³-hybridized carbons (Fsp3) is 0.333. The number of aliphatic hydroxyl groups excluding tert-OH is 2. The van der Waals surface area contributed by atoms with E-state index in [0.717, 1.165) is 10.4 Å². The summed E-state index contributed by atoms with van der Waals surface area (Å²) in [7, 11) is -1.77. The lowest BCUT2D eigenvalue weighted by atomic mass is 9.79. The number of β-amino-alcohol motifs (C(OH)–C–C–N with tert-alkyl or cyclic N) is 1. The topological polar surface area (TPSA) is 183 Å². The summed E-state index contributed by atoms with van der Waals surface area (Å²) in [4.78, 5) is 49.2. The number of carbonyl (C=O) groups excluding carboxylic acids is 4. The number of imide groups is 2. The SMILES string of the molecule is O=C1C2C3C=CC(O3)C2C(=O)N1CC(O)CO.O=C1C=CC(=O)N1CC1COB(c2ccccc2)O1.OB(O)c1ccccc1. The first-order valence-electron chi connectivity index (χ1n) is 14.4. The molecule has 2 aromatic rings. The van der Waals surface area contributed by atoms with Gasteiger partial charge in [0.2, 0.25) is 11.8 Å². The molecule has 234 valence electrons. The zero-order valence-corrected chi connectivity index (χ0v) is 24.1. The molecule has 5 aliphatic heterocycles. The van der Waals surface area contributed by atoms with Crippen LogP contribution < -0.4 is 10.9 Å². The van der Waals surface area contributed by atoms with E-state index < -0.39 is 38.8 Å². The van der Waals surface area contributed by atoms with E-state index in [1.54, 1.807) is 24.3 Å². The minimum atomic E-state index is -1.34. The maximum Gasteiger partial charge on any atom is 0.494 e. The van der Waals surface area contributed by atoms with Gasteiger partial charge in [-0.3, -0.25) is 29.0 Å². The summed E-state index contributed by atoms with van der Waals surface area (Å²) in [6.07, 6.45) is 4.19. The number of carbonyl (C=O) groups is 4. The van der Waals surface area contributed by atoms with Gasteiger partial charge in [0.05, 0.1) is 62.6 Å². The fourth-order valence-electron chi connectivity index (χ4n) is 5.58. The normalized spacial score (nSPS) is 26.6. The molecule has 0 spiro atoms. The molecule has 4 N–H and O–H groups in total. The Hall–Kier alpha value is -3.95. The molecule has 7 rings (SSSR count). The van der Waals surface area contributed by atoms with E-state index in [1.165, 1.54) is 17.1 Å². The molecule has 5 aliphatic rings. The second kappa shape index (κ2) is 14.4. The van der Waals surface area contributed by atoms with Crippen LogP contribution in [-0.2, 0) is 33.2 Å². The Labute approximate surface area is 259 Å². The van der Waals surface area contributed by atoms with Crippen LogP contribution in [0.25, 0.3) is 0 Å². The number of benzene rings is 2. The number of amides is 4. The predicted molar refractivity (Wildman–Crippen MR) is 159 cm³/mol. The fourth-order valence-corrected chi connectivity index (χ4v) is 5.58. The molecule has 2 aromatic carbocycles. The Balaban J connectivity index is 0.000000142. The van der Waals surface area contributed by atoms with Crippen LogP contribution in [0.2, 0.25) is 0 Å². The Kier molecular flexibility index (Phi) is 10.4. The number of rotatable bonds is 7. The van der Waals surface area contributed by atoms with E-state index in [9.17, 15) is 24.3 Å². The second-order valence-corrected chi connectivity index (χ2v) is 10.9. The van der Waals surface area contributed by atoms with Gasteiger partial charge in [-0.25, -0.2) is 0 Å². The van der Waals surface area contributed by atoms with Crippen LogP contribution in [0.3, 0.4) is 0 Å². The van der Waals surface area contributed by atoms with E-state index in [1.807, 2.05) is 48.6 Å². The number of hydrogen-bond acceptors (Lipinski definition) is 11. The van der Waals surface area contributed by atoms with Crippen LogP contribution in [0.5, 0.6) is 0 Å². The molecule has 0 aliphatic carbocycles. The first kappa shape index (κ1) is 32.4. The molecule has 0 radical (unpaired) electrons. The van der Waals surface area contributed by atoms with Gasteiger partial charge in [0.1, 0.15) is 0 Å². The lowest BCUT2D eigenvalue weighted by molar-refractivity contribution is -0.144. The van der Waals surface area contributed by atoms with Crippen LogP contribution >= 0.6 is 0 Å². The van der Waals surface area contributed by atoms with Crippen molar-refractivity contribution in [3.8, 4) is 0 Å². The van der Waals surface area contributed by atoms with Gasteiger partial charge in [0.25, 0.3) is 11.8 Å². The number of hydrogen-bond donors (Lipinski definition) is 4. The minimum Gasteiger partial charge on any atom is -0.423 e. The Bertz CT molecular complexity index is 1390. The molecule has 0 aromatic heterocycles. The average molecular weight is 618 g/mol. The molecule has 6 unspecified atom stereocenters. The van der Waals surface area contributed by atoms with E-state index >= 15 is 0 Å². The van der Waals surface area contributed by atoms with Crippen LogP contribution in [0, 0.1) is 11.8 Å². The maximum absolute atomic E-state index is 12.0. The highest BCUT2D eigenvalue weighted by atomic mass is 16.6. The zero-order chi connectivity index (χ0) is 32.1. The largest absolute Gasteiger partial charge is 0.494 e. The summed E-state index contributed by atoms with van der Waals surface area (Å²) in [5.74, 6) is -2.07. The highest BCUT2D eigenvalue weighted by Gasteiger charge is 2.60. The molecule has 3 saturated heterocycles. The average Bonchev–Trinajstić information content (AvgIpc) is 3.89. The number of fused-ring (bicyclic) bond motifs is 5. The first-order chi connectivity index (χ1) is 21.7. The van der Waals surface area contributed by atoms with Crippen molar-refractivity contribution in [2.24, 2.45) is 11.8 Å². The van der Waals surface area contributed by atoms with Gasteiger partial charge in [0, 0.05) is 12.2 Å². The van der Waals surface area contributed by atoms with Crippen LogP contribution in [0.15, 0.2) is 85.0 Å². The summed E-state index contributed by atoms with van der Waals surface area (Å²) in [6.45, 7) is -0.000766. The van der Waals surface area contributed by atoms with Crippen LogP contribution in [0.1, 0.15) is 0 Å². The predicted octanol–water partition coefficient (Wildman–Crippen LogP) is -2.63. The van der Waals surface area contributed by atoms with Gasteiger partial charge >= 0.3 is 14.2 Å². The number of likely N-dealkylation sites (tertiary alicyclic amines) is 1. The van der Waals surface area contributed by atoms with Gasteiger partial charge in [-0.2, -0.15) is 0 Å². The van der Waals surface area contributed by atoms with Crippen molar-refractivity contribution in [3.63, 3.8) is 0 Å². The summed E-state index contributed by atoms with van der Waals surface area (Å²) in [5, 5.41) is 35.2. The third-order valence-corrected chi connectivity index (χ3v) is 7.81. The lowest BCUT2D eigenvalue weighted by Gasteiger charge is -2.19. The molecule has 0 saturated carbocycles. The van der Waals surface area contributed by atoms with Gasteiger partial charge in [-0.1, -0.05) is 72.8 Å². The molecule has 3 fully saturated rings. The molecule has 15 heteroatoms. The smallest absolute Gasteiger partial charge is 0.423 e. The molecule has 5 heterocycles. The highest BCUT2D eigenvalue weighted by Crippen LogP contribution is 2.45. The Morgan fingerprint density at radius 3 is 1.91 bits per heavy atom. The van der Waals surface area contributed by atoms with Crippen molar-refractivity contribution < 1.29 is 53.5 Å². The first-order valence-corrected chi connectivity index (χ1v) is 14.4. The van der Waals surface area contributed by atoms with Gasteiger partial charge in [0.15, 0.2) is 0 Å². The summed E-state index contributed by atoms with van der Waals surface area (Å²) in [6, 6.07) is 18.2. The Morgan fingerprint density at radius 1 is 0.844 bits per heavy atom. The molecule has 2 bridgehead atoms. The van der Waals surface area contributed by atoms with Crippen molar-refractivity contribution >= 4 is 48.8 Å². The molecular formula is C30H32B2N2O11. The molecule has 45 heavy (non-hydrogen) atoms. The quantitative estimate of drug-likeness (QED) is 0.145. The minimum absolute atomic E-state index is 0.138. The van der Waals surface area contributed by atoms with Crippen molar-refractivity contribution in [1.29, 1.82) is 0 Å². The summed E-state index contributed by atoms with van der Waals surface area (Å²) in [5.41, 5.74) is 1.46. The van der Waals surface area contributed by atoms with Crippen molar-refractivity contribution in [2.45, 2.75) is 24.4 Å². The van der Waals surface area contributed by atoms with E-state index in [2.05, 4.69) is 0 Å². The number of ether oxygens (including phenoxy) is 1.